The third kappa shape index (κ3) is 5.79. The number of esters is 2. The summed E-state index contributed by atoms with van der Waals surface area (Å²) in [4.78, 5) is 47.8. The van der Waals surface area contributed by atoms with E-state index in [4.69, 9.17) is 9.47 Å². The second kappa shape index (κ2) is 10.7. The van der Waals surface area contributed by atoms with E-state index in [1.54, 1.807) is 6.92 Å². The first kappa shape index (κ1) is 23.1. The highest BCUT2D eigenvalue weighted by Gasteiger charge is 2.27. The van der Waals surface area contributed by atoms with Crippen LogP contribution in [0.4, 0.5) is 10.7 Å². The summed E-state index contributed by atoms with van der Waals surface area (Å²) in [5.74, 6) is -1.77. The summed E-state index contributed by atoms with van der Waals surface area (Å²) >= 11 is 1.35. The summed E-state index contributed by atoms with van der Waals surface area (Å²) in [5, 5.41) is 13.7. The lowest BCUT2D eigenvalue weighted by Crippen LogP contribution is -2.21. The van der Waals surface area contributed by atoms with Crippen molar-refractivity contribution in [2.24, 2.45) is 0 Å². The van der Waals surface area contributed by atoms with Crippen LogP contribution in [-0.4, -0.2) is 36.0 Å². The van der Waals surface area contributed by atoms with E-state index in [9.17, 15) is 24.5 Å². The van der Waals surface area contributed by atoms with E-state index in [1.165, 1.54) is 41.7 Å². The van der Waals surface area contributed by atoms with E-state index in [0.29, 0.717) is 16.1 Å². The van der Waals surface area contributed by atoms with Crippen LogP contribution in [0.25, 0.3) is 6.08 Å². The molecule has 10 heteroatoms. The van der Waals surface area contributed by atoms with Crippen LogP contribution in [0.15, 0.2) is 30.3 Å². The predicted octanol–water partition coefficient (Wildman–Crippen LogP) is 3.91. The van der Waals surface area contributed by atoms with Crippen molar-refractivity contribution in [1.82, 2.24) is 0 Å². The average molecular weight is 458 g/mol. The van der Waals surface area contributed by atoms with Gasteiger partial charge in [0.05, 0.1) is 17.1 Å². The van der Waals surface area contributed by atoms with Gasteiger partial charge in [-0.3, -0.25) is 14.9 Å². The number of rotatable bonds is 8. The minimum absolute atomic E-state index is 0.0566. The molecular formula is C22H22N2O7S. The maximum absolute atomic E-state index is 12.4. The Morgan fingerprint density at radius 1 is 1.16 bits per heavy atom. The minimum atomic E-state index is -0.741. The number of hydrogen-bond acceptors (Lipinski definition) is 8. The van der Waals surface area contributed by atoms with Crippen molar-refractivity contribution in [3.8, 4) is 0 Å². The molecular weight excluding hydrogens is 436 g/mol. The first-order valence-electron chi connectivity index (χ1n) is 10.1. The van der Waals surface area contributed by atoms with E-state index < -0.39 is 29.4 Å². The number of benzene rings is 1. The fourth-order valence-electron chi connectivity index (χ4n) is 3.29. The van der Waals surface area contributed by atoms with Gasteiger partial charge in [0.2, 0.25) is 0 Å². The molecule has 1 aromatic heterocycles. The number of hydrogen-bond donors (Lipinski definition) is 1. The number of non-ortho nitro benzene ring substituents is 1. The van der Waals surface area contributed by atoms with Crippen LogP contribution in [0, 0.1) is 10.1 Å². The minimum Gasteiger partial charge on any atom is -0.462 e. The zero-order valence-electron chi connectivity index (χ0n) is 17.4. The summed E-state index contributed by atoms with van der Waals surface area (Å²) in [5.41, 5.74) is 1.83. The van der Waals surface area contributed by atoms with Gasteiger partial charge < -0.3 is 14.8 Å². The van der Waals surface area contributed by atoms with Crippen LogP contribution in [0.3, 0.4) is 0 Å². The number of amides is 1. The molecule has 0 radical (unpaired) electrons. The van der Waals surface area contributed by atoms with E-state index in [0.717, 1.165) is 42.2 Å². The molecule has 0 spiro atoms. The molecule has 0 unspecified atom stereocenters. The molecule has 1 N–H and O–H groups in total. The van der Waals surface area contributed by atoms with Gasteiger partial charge in [-0.05, 0) is 61.9 Å². The van der Waals surface area contributed by atoms with Crippen molar-refractivity contribution >= 4 is 45.9 Å². The molecule has 0 aliphatic heterocycles. The Balaban J connectivity index is 1.58. The molecule has 168 valence electrons. The number of thiophene rings is 1. The molecule has 1 amide bonds. The second-order valence-corrected chi connectivity index (χ2v) is 8.08. The Hall–Kier alpha value is -3.53. The Kier molecular flexibility index (Phi) is 7.72. The molecule has 9 nitrogen and oxygen atoms in total. The standard InChI is InChI=1S/C22H22N2O7S/c1-2-30-22(27)20-16-5-3-4-6-17(16)32-21(20)23-18(25)13-31-19(26)12-9-14-7-10-15(11-8-14)24(28)29/h7-12H,2-6,13H2,1H3,(H,23,25)/b12-9-. The van der Waals surface area contributed by atoms with Crippen LogP contribution in [0.5, 0.6) is 0 Å². The van der Waals surface area contributed by atoms with Gasteiger partial charge in [-0.2, -0.15) is 0 Å². The van der Waals surface area contributed by atoms with Crippen molar-refractivity contribution < 1.29 is 28.8 Å². The highest BCUT2D eigenvalue weighted by molar-refractivity contribution is 7.17. The summed E-state index contributed by atoms with van der Waals surface area (Å²) in [6.45, 7) is 1.43. The summed E-state index contributed by atoms with van der Waals surface area (Å²) in [7, 11) is 0. The summed E-state index contributed by atoms with van der Waals surface area (Å²) < 4.78 is 10.1. The summed E-state index contributed by atoms with van der Waals surface area (Å²) in [6.07, 6.45) is 6.17. The molecule has 1 aliphatic rings. The Bertz CT molecular complexity index is 1060. The molecule has 0 atom stereocenters. The van der Waals surface area contributed by atoms with Crippen LogP contribution < -0.4 is 5.32 Å². The van der Waals surface area contributed by atoms with Gasteiger partial charge in [-0.15, -0.1) is 11.3 Å². The molecule has 0 saturated carbocycles. The van der Waals surface area contributed by atoms with Crippen LogP contribution in [0.2, 0.25) is 0 Å². The Morgan fingerprint density at radius 2 is 1.88 bits per heavy atom. The first-order valence-corrected chi connectivity index (χ1v) is 10.9. The van der Waals surface area contributed by atoms with Crippen LogP contribution in [0.1, 0.15) is 46.1 Å². The molecule has 2 aromatic rings. The van der Waals surface area contributed by atoms with Crippen molar-refractivity contribution in [2.75, 3.05) is 18.5 Å². The molecule has 0 saturated heterocycles. The first-order chi connectivity index (χ1) is 15.4. The van der Waals surface area contributed by atoms with Gasteiger partial charge in [0.1, 0.15) is 5.00 Å². The number of carbonyl (C=O) groups is 3. The van der Waals surface area contributed by atoms with Crippen molar-refractivity contribution in [3.63, 3.8) is 0 Å². The van der Waals surface area contributed by atoms with Crippen LogP contribution >= 0.6 is 11.3 Å². The van der Waals surface area contributed by atoms with Gasteiger partial charge in [-0.1, -0.05) is 0 Å². The number of anilines is 1. The predicted molar refractivity (Wildman–Crippen MR) is 119 cm³/mol. The number of nitrogens with zero attached hydrogens (tertiary/aromatic N) is 1. The van der Waals surface area contributed by atoms with Gasteiger partial charge in [0.25, 0.3) is 11.6 Å². The molecule has 1 aliphatic carbocycles. The number of ether oxygens (including phenoxy) is 2. The van der Waals surface area contributed by atoms with Gasteiger partial charge in [0, 0.05) is 23.1 Å². The highest BCUT2D eigenvalue weighted by atomic mass is 32.1. The lowest BCUT2D eigenvalue weighted by atomic mass is 9.95. The molecule has 3 rings (SSSR count). The Morgan fingerprint density at radius 3 is 2.56 bits per heavy atom. The van der Waals surface area contributed by atoms with E-state index >= 15 is 0 Å². The second-order valence-electron chi connectivity index (χ2n) is 6.97. The largest absolute Gasteiger partial charge is 0.462 e. The average Bonchev–Trinajstić information content (AvgIpc) is 3.14. The Labute approximate surface area is 188 Å². The maximum Gasteiger partial charge on any atom is 0.341 e. The monoisotopic (exact) mass is 458 g/mol. The van der Waals surface area contributed by atoms with Gasteiger partial charge >= 0.3 is 11.9 Å². The molecule has 32 heavy (non-hydrogen) atoms. The van der Waals surface area contributed by atoms with E-state index in [1.807, 2.05) is 0 Å². The lowest BCUT2D eigenvalue weighted by Gasteiger charge is -2.12. The smallest absolute Gasteiger partial charge is 0.341 e. The van der Waals surface area contributed by atoms with E-state index in [2.05, 4.69) is 5.32 Å². The third-order valence-electron chi connectivity index (χ3n) is 4.77. The topological polar surface area (TPSA) is 125 Å². The zero-order chi connectivity index (χ0) is 23.1. The molecule has 1 aromatic carbocycles. The quantitative estimate of drug-likeness (QED) is 0.275. The van der Waals surface area contributed by atoms with Crippen molar-refractivity contribution in [3.05, 3.63) is 62.0 Å². The fraction of sp³-hybridized carbons (Fsp3) is 0.318. The molecule has 0 fully saturated rings. The van der Waals surface area contributed by atoms with Crippen molar-refractivity contribution in [1.29, 1.82) is 0 Å². The van der Waals surface area contributed by atoms with Crippen molar-refractivity contribution in [2.45, 2.75) is 32.6 Å². The molecule has 0 bridgehead atoms. The lowest BCUT2D eigenvalue weighted by molar-refractivity contribution is -0.384. The highest BCUT2D eigenvalue weighted by Crippen LogP contribution is 2.38. The third-order valence-corrected chi connectivity index (χ3v) is 5.97. The fourth-order valence-corrected chi connectivity index (χ4v) is 4.59. The maximum atomic E-state index is 12.4. The number of nitro groups is 1. The number of nitrogens with one attached hydrogen (secondary N) is 1. The number of aryl methyl sites for hydroxylation is 1. The SMILES string of the molecule is CCOC(=O)c1c(NC(=O)COC(=O)/C=C\c2ccc([N+](=O)[O-])cc2)sc2c1CCCC2. The van der Waals surface area contributed by atoms with Gasteiger partial charge in [-0.25, -0.2) is 9.59 Å². The van der Waals surface area contributed by atoms with Crippen LogP contribution in [-0.2, 0) is 31.9 Å². The normalized spacial score (nSPS) is 12.8. The number of carbonyl (C=O) groups excluding carboxylic acids is 3. The molecule has 1 heterocycles. The van der Waals surface area contributed by atoms with E-state index in [-0.39, 0.29) is 12.3 Å². The number of nitro benzene ring substituents is 1. The number of fused-ring (bicyclic) bond motifs is 1. The zero-order valence-corrected chi connectivity index (χ0v) is 18.2. The summed E-state index contributed by atoms with van der Waals surface area (Å²) in [6, 6.07) is 5.62. The van der Waals surface area contributed by atoms with Gasteiger partial charge in [0.15, 0.2) is 6.61 Å².